The normalized spacial score (nSPS) is 10.4. The molecular formula is C19H18N6OS. The fourth-order valence-electron chi connectivity index (χ4n) is 2.44. The van der Waals surface area contributed by atoms with Crippen LogP contribution in [0.25, 0.3) is 11.4 Å². The van der Waals surface area contributed by atoms with Crippen molar-refractivity contribution in [2.45, 2.75) is 24.8 Å². The van der Waals surface area contributed by atoms with Crippen LogP contribution in [0.2, 0.25) is 0 Å². The minimum Gasteiger partial charge on any atom is -0.323 e. The molecule has 0 aliphatic heterocycles. The fraction of sp³-hybridized carbons (Fsp3) is 0.211. The van der Waals surface area contributed by atoms with E-state index >= 15 is 0 Å². The Bertz CT molecular complexity index is 961. The van der Waals surface area contributed by atoms with Gasteiger partial charge in [-0.15, -0.1) is 22.0 Å². The zero-order valence-electron chi connectivity index (χ0n) is 14.8. The molecule has 136 valence electrons. The van der Waals surface area contributed by atoms with Gasteiger partial charge in [-0.3, -0.25) is 4.79 Å². The first kappa shape index (κ1) is 18.6. The maximum atomic E-state index is 12.3. The largest absolute Gasteiger partial charge is 0.323 e. The Balaban J connectivity index is 1.65. The van der Waals surface area contributed by atoms with Crippen molar-refractivity contribution in [2.75, 3.05) is 11.1 Å². The number of benzene rings is 2. The Labute approximate surface area is 161 Å². The average molecular weight is 378 g/mol. The zero-order chi connectivity index (χ0) is 19.1. The molecule has 1 N–H and O–H groups in total. The summed E-state index contributed by atoms with van der Waals surface area (Å²) in [6, 6.07) is 17.4. The predicted octanol–water partition coefficient (Wildman–Crippen LogP) is 3.16. The Morgan fingerprint density at radius 3 is 2.74 bits per heavy atom. The number of carbonyl (C=O) groups is 1. The van der Waals surface area contributed by atoms with E-state index in [1.54, 1.807) is 6.07 Å². The van der Waals surface area contributed by atoms with Crippen LogP contribution in [-0.4, -0.2) is 31.9 Å². The maximum absolute atomic E-state index is 12.3. The van der Waals surface area contributed by atoms with Crippen LogP contribution >= 0.6 is 11.8 Å². The van der Waals surface area contributed by atoms with Gasteiger partial charge in [-0.25, -0.2) is 0 Å². The smallest absolute Gasteiger partial charge is 0.248 e. The Kier molecular flexibility index (Phi) is 6.18. The lowest BCUT2D eigenvalue weighted by Crippen LogP contribution is -2.20. The van der Waals surface area contributed by atoms with Crippen LogP contribution in [-0.2, 0) is 17.8 Å². The number of carbonyl (C=O) groups excluding carboxylic acids is 1. The first-order valence-corrected chi connectivity index (χ1v) is 9.44. The molecular weight excluding hydrogens is 360 g/mol. The molecule has 0 bridgehead atoms. The molecule has 0 saturated heterocycles. The molecule has 0 unspecified atom stereocenters. The highest BCUT2D eigenvalue weighted by Gasteiger charge is 2.11. The molecule has 8 heteroatoms. The first-order chi connectivity index (χ1) is 13.2. The molecule has 1 heterocycles. The molecule has 7 nitrogen and oxygen atoms in total. The van der Waals surface area contributed by atoms with Crippen LogP contribution in [0, 0.1) is 11.3 Å². The molecule has 2 aromatic carbocycles. The van der Waals surface area contributed by atoms with Gasteiger partial charge < -0.3 is 5.32 Å². The summed E-state index contributed by atoms with van der Waals surface area (Å²) in [6.45, 7) is 2.05. The summed E-state index contributed by atoms with van der Waals surface area (Å²) < 4.78 is 0. The zero-order valence-corrected chi connectivity index (χ0v) is 15.6. The van der Waals surface area contributed by atoms with Crippen LogP contribution < -0.4 is 5.32 Å². The highest BCUT2D eigenvalue weighted by atomic mass is 32.2. The molecule has 0 aliphatic rings. The van der Waals surface area contributed by atoms with Crippen molar-refractivity contribution in [3.05, 3.63) is 54.1 Å². The highest BCUT2D eigenvalue weighted by Crippen LogP contribution is 2.26. The van der Waals surface area contributed by atoms with Crippen LogP contribution in [0.1, 0.15) is 12.5 Å². The molecule has 0 fully saturated rings. The number of nitrogens with zero attached hydrogens (tertiary/aromatic N) is 5. The lowest BCUT2D eigenvalue weighted by molar-refractivity contribution is -0.117. The summed E-state index contributed by atoms with van der Waals surface area (Å²) in [5.41, 5.74) is 2.76. The van der Waals surface area contributed by atoms with Gasteiger partial charge in [0, 0.05) is 10.5 Å². The van der Waals surface area contributed by atoms with Crippen LogP contribution in [0.3, 0.4) is 0 Å². The van der Waals surface area contributed by atoms with E-state index in [1.165, 1.54) is 22.1 Å². The summed E-state index contributed by atoms with van der Waals surface area (Å²) in [7, 11) is 0. The fourth-order valence-corrected chi connectivity index (χ4v) is 3.11. The summed E-state index contributed by atoms with van der Waals surface area (Å²) in [5, 5.41) is 23.8. The van der Waals surface area contributed by atoms with E-state index in [0.717, 1.165) is 16.9 Å². The number of nitriles is 1. The molecule has 0 saturated carbocycles. The van der Waals surface area contributed by atoms with Crippen molar-refractivity contribution in [2.24, 2.45) is 0 Å². The maximum Gasteiger partial charge on any atom is 0.248 e. The van der Waals surface area contributed by atoms with E-state index in [-0.39, 0.29) is 12.5 Å². The molecule has 3 rings (SSSR count). The third kappa shape index (κ3) is 4.92. The second-order valence-electron chi connectivity index (χ2n) is 5.69. The van der Waals surface area contributed by atoms with Gasteiger partial charge in [0.05, 0.1) is 17.5 Å². The minimum atomic E-state index is -0.259. The summed E-state index contributed by atoms with van der Waals surface area (Å²) >= 11 is 1.37. The number of hydrogen-bond acceptors (Lipinski definition) is 6. The van der Waals surface area contributed by atoms with E-state index in [4.69, 9.17) is 5.26 Å². The molecule has 0 spiro atoms. The number of para-hydroxylation sites is 1. The predicted molar refractivity (Wildman–Crippen MR) is 104 cm³/mol. The quantitative estimate of drug-likeness (QED) is 0.634. The Morgan fingerprint density at radius 1 is 1.22 bits per heavy atom. The van der Waals surface area contributed by atoms with Gasteiger partial charge in [0.1, 0.15) is 6.54 Å². The van der Waals surface area contributed by atoms with Crippen molar-refractivity contribution in [3.63, 3.8) is 0 Å². The number of rotatable bonds is 7. The molecule has 0 aliphatic carbocycles. The Morgan fingerprint density at radius 2 is 2.00 bits per heavy atom. The third-order valence-corrected chi connectivity index (χ3v) is 4.75. The van der Waals surface area contributed by atoms with Crippen molar-refractivity contribution in [1.29, 1.82) is 5.26 Å². The number of hydrogen-bond donors (Lipinski definition) is 1. The SMILES string of the molecule is CCc1ccc(-c2nnn(CC(=O)Nc3ccccc3SCC#N)n2)cc1. The monoisotopic (exact) mass is 378 g/mol. The highest BCUT2D eigenvalue weighted by molar-refractivity contribution is 7.99. The molecule has 27 heavy (non-hydrogen) atoms. The van der Waals surface area contributed by atoms with E-state index in [9.17, 15) is 4.79 Å². The third-order valence-electron chi connectivity index (χ3n) is 3.81. The van der Waals surface area contributed by atoms with Crippen LogP contribution in [0.5, 0.6) is 0 Å². The van der Waals surface area contributed by atoms with Crippen molar-refractivity contribution >= 4 is 23.4 Å². The van der Waals surface area contributed by atoms with E-state index in [2.05, 4.69) is 33.7 Å². The average Bonchev–Trinajstić information content (AvgIpc) is 3.15. The Hall–Kier alpha value is -3.18. The van der Waals surface area contributed by atoms with Crippen molar-refractivity contribution < 1.29 is 4.79 Å². The first-order valence-electron chi connectivity index (χ1n) is 8.45. The molecule has 0 radical (unpaired) electrons. The summed E-state index contributed by atoms with van der Waals surface area (Å²) in [6.07, 6.45) is 0.967. The number of aromatic nitrogens is 4. The van der Waals surface area contributed by atoms with Gasteiger partial charge in [0.2, 0.25) is 11.7 Å². The van der Waals surface area contributed by atoms with Gasteiger partial charge >= 0.3 is 0 Å². The van der Waals surface area contributed by atoms with Gasteiger partial charge in [0.25, 0.3) is 0 Å². The summed E-state index contributed by atoms with van der Waals surface area (Å²) in [4.78, 5) is 14.4. The molecule has 1 aromatic heterocycles. The van der Waals surface area contributed by atoms with Gasteiger partial charge in [-0.05, 0) is 29.3 Å². The lowest BCUT2D eigenvalue weighted by Gasteiger charge is -2.09. The second kappa shape index (κ2) is 8.96. The second-order valence-corrected chi connectivity index (χ2v) is 6.70. The molecule has 3 aromatic rings. The molecule has 1 amide bonds. The van der Waals surface area contributed by atoms with E-state index in [1.807, 2.05) is 42.5 Å². The van der Waals surface area contributed by atoms with Gasteiger partial charge in [0.15, 0.2) is 0 Å². The van der Waals surface area contributed by atoms with Crippen molar-refractivity contribution in [1.82, 2.24) is 20.2 Å². The lowest BCUT2D eigenvalue weighted by atomic mass is 10.1. The van der Waals surface area contributed by atoms with Gasteiger partial charge in [-0.2, -0.15) is 10.1 Å². The number of tetrazole rings is 1. The number of thioether (sulfide) groups is 1. The topological polar surface area (TPSA) is 96.5 Å². The number of aryl methyl sites for hydroxylation is 1. The number of nitrogens with one attached hydrogen (secondary N) is 1. The number of amides is 1. The molecule has 0 atom stereocenters. The summed E-state index contributed by atoms with van der Waals surface area (Å²) in [5.74, 6) is 0.540. The van der Waals surface area contributed by atoms with E-state index in [0.29, 0.717) is 17.3 Å². The van der Waals surface area contributed by atoms with Crippen molar-refractivity contribution in [3.8, 4) is 17.5 Å². The van der Waals surface area contributed by atoms with Gasteiger partial charge in [-0.1, -0.05) is 43.3 Å². The minimum absolute atomic E-state index is 0.0444. The number of anilines is 1. The van der Waals surface area contributed by atoms with Crippen LogP contribution in [0.15, 0.2) is 53.4 Å². The van der Waals surface area contributed by atoms with Crippen LogP contribution in [0.4, 0.5) is 5.69 Å². The van der Waals surface area contributed by atoms with E-state index < -0.39 is 0 Å². The standard InChI is InChI=1S/C19H18N6OS/c1-2-14-7-9-15(10-8-14)19-22-24-25(23-19)13-18(26)21-16-5-3-4-6-17(16)27-12-11-20/h3-10H,2,12-13H2,1H3,(H,21,26).